The Bertz CT molecular complexity index is 542. The topological polar surface area (TPSA) is 63.8 Å². The van der Waals surface area contributed by atoms with Gasteiger partial charge < -0.3 is 11.1 Å². The zero-order valence-electron chi connectivity index (χ0n) is 10.2. The van der Waals surface area contributed by atoms with E-state index < -0.39 is 0 Å². The number of anilines is 3. The Morgan fingerprint density at radius 3 is 2.78 bits per heavy atom. The molecule has 0 fully saturated rings. The number of aryl methyl sites for hydroxylation is 1. The highest BCUT2D eigenvalue weighted by atomic mass is 127. The number of nitrogens with one attached hydrogen (secondary N) is 1. The van der Waals surface area contributed by atoms with Crippen LogP contribution in [0.25, 0.3) is 0 Å². The van der Waals surface area contributed by atoms with Gasteiger partial charge in [-0.25, -0.2) is 9.97 Å². The third-order valence-electron chi connectivity index (χ3n) is 2.40. The van der Waals surface area contributed by atoms with Crippen LogP contribution in [0.4, 0.5) is 17.3 Å². The van der Waals surface area contributed by atoms with Crippen LogP contribution in [0.1, 0.15) is 19.2 Å². The minimum absolute atomic E-state index is 0.502. The summed E-state index contributed by atoms with van der Waals surface area (Å²) in [4.78, 5) is 8.67. The summed E-state index contributed by atoms with van der Waals surface area (Å²) in [6.45, 7) is 2.10. The molecule has 4 nitrogen and oxygen atoms in total. The van der Waals surface area contributed by atoms with E-state index >= 15 is 0 Å². The van der Waals surface area contributed by atoms with Gasteiger partial charge in [0, 0.05) is 16.1 Å². The molecular weight excluding hydrogens is 339 g/mol. The lowest BCUT2D eigenvalue weighted by Crippen LogP contribution is -2.04. The van der Waals surface area contributed by atoms with Gasteiger partial charge in [0.1, 0.15) is 17.5 Å². The molecule has 0 saturated heterocycles. The number of nitrogens with two attached hydrogens (primary N) is 1. The number of benzene rings is 1. The van der Waals surface area contributed by atoms with E-state index in [0.717, 1.165) is 33.7 Å². The largest absolute Gasteiger partial charge is 0.384 e. The van der Waals surface area contributed by atoms with Crippen molar-refractivity contribution in [2.24, 2.45) is 0 Å². The summed E-state index contributed by atoms with van der Waals surface area (Å²) in [5.74, 6) is 2.03. The lowest BCUT2D eigenvalue weighted by Gasteiger charge is -2.09. The van der Waals surface area contributed by atoms with E-state index in [1.807, 2.05) is 24.3 Å². The van der Waals surface area contributed by atoms with Gasteiger partial charge >= 0.3 is 0 Å². The number of hydrogen-bond acceptors (Lipinski definition) is 4. The van der Waals surface area contributed by atoms with Crippen LogP contribution < -0.4 is 11.1 Å². The molecule has 2 rings (SSSR count). The van der Waals surface area contributed by atoms with Gasteiger partial charge in [-0.3, -0.25) is 0 Å². The zero-order valence-corrected chi connectivity index (χ0v) is 12.3. The maximum Gasteiger partial charge on any atom is 0.136 e. The van der Waals surface area contributed by atoms with Gasteiger partial charge in [0.15, 0.2) is 0 Å². The Kier molecular flexibility index (Phi) is 4.35. The molecule has 0 bridgehead atoms. The van der Waals surface area contributed by atoms with Crippen molar-refractivity contribution in [1.82, 2.24) is 9.97 Å². The van der Waals surface area contributed by atoms with Gasteiger partial charge in [-0.05, 0) is 41.1 Å². The molecule has 0 spiro atoms. The highest BCUT2D eigenvalue weighted by Crippen LogP contribution is 2.21. The van der Waals surface area contributed by atoms with Crippen molar-refractivity contribution in [2.45, 2.75) is 19.8 Å². The van der Waals surface area contributed by atoms with Crippen molar-refractivity contribution in [3.63, 3.8) is 0 Å². The predicted molar refractivity (Wildman–Crippen MR) is 82.9 cm³/mol. The van der Waals surface area contributed by atoms with Crippen molar-refractivity contribution in [2.75, 3.05) is 11.1 Å². The normalized spacial score (nSPS) is 10.3. The smallest absolute Gasteiger partial charge is 0.136 e. The van der Waals surface area contributed by atoms with E-state index in [0.29, 0.717) is 5.82 Å². The van der Waals surface area contributed by atoms with Gasteiger partial charge in [-0.15, -0.1) is 0 Å². The SMILES string of the molecule is CCCc1nc(N)cc(Nc2ccccc2I)n1. The summed E-state index contributed by atoms with van der Waals surface area (Å²) >= 11 is 2.28. The second-order valence-electron chi connectivity index (χ2n) is 3.95. The van der Waals surface area contributed by atoms with E-state index in [9.17, 15) is 0 Å². The number of para-hydroxylation sites is 1. The van der Waals surface area contributed by atoms with Crippen molar-refractivity contribution >= 4 is 39.9 Å². The minimum atomic E-state index is 0.502. The molecule has 18 heavy (non-hydrogen) atoms. The Labute approximate surface area is 120 Å². The summed E-state index contributed by atoms with van der Waals surface area (Å²) in [6, 6.07) is 9.80. The van der Waals surface area contributed by atoms with E-state index in [-0.39, 0.29) is 0 Å². The molecule has 0 unspecified atom stereocenters. The Morgan fingerprint density at radius 1 is 1.28 bits per heavy atom. The standard InChI is InChI=1S/C13H15IN4/c1-2-5-12-17-11(15)8-13(18-12)16-10-7-4-3-6-9(10)14/h3-4,6-8H,2,5H2,1H3,(H3,15,16,17,18). The molecule has 94 valence electrons. The third kappa shape index (κ3) is 3.32. The van der Waals surface area contributed by atoms with E-state index in [1.165, 1.54) is 0 Å². The van der Waals surface area contributed by atoms with Gasteiger partial charge in [0.25, 0.3) is 0 Å². The van der Waals surface area contributed by atoms with Crippen molar-refractivity contribution < 1.29 is 0 Å². The van der Waals surface area contributed by atoms with Crippen LogP contribution in [0.2, 0.25) is 0 Å². The number of rotatable bonds is 4. The average Bonchev–Trinajstić information content (AvgIpc) is 2.32. The molecule has 0 saturated carbocycles. The Morgan fingerprint density at radius 2 is 2.06 bits per heavy atom. The third-order valence-corrected chi connectivity index (χ3v) is 3.34. The van der Waals surface area contributed by atoms with E-state index in [4.69, 9.17) is 5.73 Å². The van der Waals surface area contributed by atoms with Crippen LogP contribution in [0, 0.1) is 3.57 Å². The monoisotopic (exact) mass is 354 g/mol. The summed E-state index contributed by atoms with van der Waals surface area (Å²) < 4.78 is 1.14. The van der Waals surface area contributed by atoms with E-state index in [2.05, 4.69) is 44.8 Å². The van der Waals surface area contributed by atoms with Crippen LogP contribution in [-0.2, 0) is 6.42 Å². The summed E-state index contributed by atoms with van der Waals surface area (Å²) in [5.41, 5.74) is 6.81. The molecular formula is C13H15IN4. The van der Waals surface area contributed by atoms with Gasteiger partial charge in [-0.1, -0.05) is 19.1 Å². The number of halogens is 1. The van der Waals surface area contributed by atoms with Crippen LogP contribution in [0.15, 0.2) is 30.3 Å². The molecule has 3 N–H and O–H groups in total. The summed E-state index contributed by atoms with van der Waals surface area (Å²) in [5, 5.41) is 3.27. The van der Waals surface area contributed by atoms with Gasteiger partial charge in [0.05, 0.1) is 5.69 Å². The van der Waals surface area contributed by atoms with Gasteiger partial charge in [0.2, 0.25) is 0 Å². The molecule has 5 heteroatoms. The van der Waals surface area contributed by atoms with Crippen molar-refractivity contribution in [1.29, 1.82) is 0 Å². The van der Waals surface area contributed by atoms with Crippen LogP contribution in [0.5, 0.6) is 0 Å². The molecule has 2 aromatic rings. The number of aromatic nitrogens is 2. The second-order valence-corrected chi connectivity index (χ2v) is 5.11. The fourth-order valence-electron chi connectivity index (χ4n) is 1.62. The zero-order chi connectivity index (χ0) is 13.0. The number of nitrogen functional groups attached to an aromatic ring is 1. The van der Waals surface area contributed by atoms with Crippen molar-refractivity contribution in [3.8, 4) is 0 Å². The maximum absolute atomic E-state index is 5.79. The Hall–Kier alpha value is -1.37. The fraction of sp³-hybridized carbons (Fsp3) is 0.231. The first-order valence-electron chi connectivity index (χ1n) is 5.84. The fourth-order valence-corrected chi connectivity index (χ4v) is 2.14. The number of hydrogen-bond donors (Lipinski definition) is 2. The highest BCUT2D eigenvalue weighted by Gasteiger charge is 2.04. The summed E-state index contributed by atoms with van der Waals surface area (Å²) in [7, 11) is 0. The number of nitrogens with zero attached hydrogens (tertiary/aromatic N) is 2. The van der Waals surface area contributed by atoms with Crippen LogP contribution in [-0.4, -0.2) is 9.97 Å². The minimum Gasteiger partial charge on any atom is -0.384 e. The molecule has 0 radical (unpaired) electrons. The molecule has 1 heterocycles. The van der Waals surface area contributed by atoms with Gasteiger partial charge in [-0.2, -0.15) is 0 Å². The lowest BCUT2D eigenvalue weighted by atomic mass is 10.3. The molecule has 1 aromatic carbocycles. The predicted octanol–water partition coefficient (Wildman–Crippen LogP) is 3.36. The van der Waals surface area contributed by atoms with Crippen LogP contribution in [0.3, 0.4) is 0 Å². The Balaban J connectivity index is 2.26. The summed E-state index contributed by atoms with van der Waals surface area (Å²) in [6.07, 6.45) is 1.84. The molecule has 0 aliphatic rings. The molecule has 0 aliphatic carbocycles. The van der Waals surface area contributed by atoms with Crippen LogP contribution >= 0.6 is 22.6 Å². The first-order valence-corrected chi connectivity index (χ1v) is 6.92. The molecule has 1 aromatic heterocycles. The molecule has 0 amide bonds. The maximum atomic E-state index is 5.79. The van der Waals surface area contributed by atoms with Crippen molar-refractivity contribution in [3.05, 3.63) is 39.7 Å². The quantitative estimate of drug-likeness (QED) is 0.827. The lowest BCUT2D eigenvalue weighted by molar-refractivity contribution is 0.839. The second kappa shape index (κ2) is 5.99. The first kappa shape index (κ1) is 13.1. The average molecular weight is 354 g/mol. The van der Waals surface area contributed by atoms with E-state index in [1.54, 1.807) is 6.07 Å². The molecule has 0 aliphatic heterocycles. The molecule has 0 atom stereocenters. The first-order chi connectivity index (χ1) is 8.69. The highest BCUT2D eigenvalue weighted by molar-refractivity contribution is 14.1.